The van der Waals surface area contributed by atoms with E-state index in [-0.39, 0.29) is 5.82 Å². The molecule has 0 amide bonds. The summed E-state index contributed by atoms with van der Waals surface area (Å²) in [7, 11) is 0. The molecule has 0 aliphatic heterocycles. The number of aromatic nitrogens is 2. The number of halogens is 1. The minimum absolute atomic E-state index is 0.249. The molecule has 0 aliphatic carbocycles. The van der Waals surface area contributed by atoms with Crippen molar-refractivity contribution in [2.75, 3.05) is 5.32 Å². The second-order valence-electron chi connectivity index (χ2n) is 3.78. The van der Waals surface area contributed by atoms with Crippen molar-refractivity contribution >= 4 is 11.6 Å². The molecular weight excluding hydrogens is 217 g/mol. The summed E-state index contributed by atoms with van der Waals surface area (Å²) in [5, 5.41) is 3.14. The van der Waals surface area contributed by atoms with Crippen LogP contribution in [0.15, 0.2) is 43.1 Å². The largest absolute Gasteiger partial charge is 0.326 e. The summed E-state index contributed by atoms with van der Waals surface area (Å²) in [6, 6.07) is 6.18. The molecule has 2 aromatic rings. The Hall–Kier alpha value is -2.10. The lowest BCUT2D eigenvalue weighted by atomic mass is 10.3. The quantitative estimate of drug-likeness (QED) is 0.818. The number of hydrogen-bond donors (Lipinski definition) is 1. The Morgan fingerprint density at radius 1 is 1.41 bits per heavy atom. The van der Waals surface area contributed by atoms with Gasteiger partial charge in [0, 0.05) is 18.4 Å². The number of allylic oxidation sites excluding steroid dienone is 1. The first-order valence-electron chi connectivity index (χ1n) is 5.36. The molecule has 0 unspecified atom stereocenters. The zero-order valence-corrected chi connectivity index (χ0v) is 9.65. The van der Waals surface area contributed by atoms with E-state index in [1.54, 1.807) is 18.2 Å². The Morgan fingerprint density at radius 2 is 2.12 bits per heavy atom. The first-order chi connectivity index (χ1) is 8.19. The topological polar surface area (TPSA) is 29.9 Å². The summed E-state index contributed by atoms with van der Waals surface area (Å²) >= 11 is 0. The van der Waals surface area contributed by atoms with Crippen molar-refractivity contribution in [2.24, 2.45) is 0 Å². The molecule has 0 radical (unpaired) electrons. The molecule has 3 nitrogen and oxygen atoms in total. The number of rotatable bonds is 4. The van der Waals surface area contributed by atoms with Crippen LogP contribution in [0.5, 0.6) is 0 Å². The highest BCUT2D eigenvalue weighted by Gasteiger charge is 2.04. The van der Waals surface area contributed by atoms with Crippen LogP contribution >= 0.6 is 0 Å². The smallest absolute Gasteiger partial charge is 0.207 e. The van der Waals surface area contributed by atoms with E-state index in [4.69, 9.17) is 0 Å². The van der Waals surface area contributed by atoms with Crippen molar-refractivity contribution in [3.8, 4) is 0 Å². The van der Waals surface area contributed by atoms with Crippen LogP contribution in [-0.4, -0.2) is 9.55 Å². The molecule has 0 atom stereocenters. The minimum atomic E-state index is -0.249. The van der Waals surface area contributed by atoms with Crippen molar-refractivity contribution in [1.82, 2.24) is 9.55 Å². The van der Waals surface area contributed by atoms with Gasteiger partial charge in [0.15, 0.2) is 0 Å². The van der Waals surface area contributed by atoms with Gasteiger partial charge in [-0.3, -0.25) is 0 Å². The first-order valence-corrected chi connectivity index (χ1v) is 5.36. The van der Waals surface area contributed by atoms with Crippen LogP contribution in [0.25, 0.3) is 0 Å². The molecule has 2 rings (SSSR count). The van der Waals surface area contributed by atoms with E-state index < -0.39 is 0 Å². The lowest BCUT2D eigenvalue weighted by Gasteiger charge is -2.07. The maximum atomic E-state index is 12.8. The molecule has 17 heavy (non-hydrogen) atoms. The summed E-state index contributed by atoms with van der Waals surface area (Å²) in [6.45, 7) is 6.31. The van der Waals surface area contributed by atoms with Crippen molar-refractivity contribution < 1.29 is 4.39 Å². The zero-order valence-electron chi connectivity index (χ0n) is 9.65. The fourth-order valence-electron chi connectivity index (χ4n) is 1.59. The van der Waals surface area contributed by atoms with Crippen LogP contribution in [0.3, 0.4) is 0 Å². The van der Waals surface area contributed by atoms with Gasteiger partial charge in [0.2, 0.25) is 5.95 Å². The van der Waals surface area contributed by atoms with Gasteiger partial charge >= 0.3 is 0 Å². The number of anilines is 2. The first kappa shape index (κ1) is 11.4. The Bertz CT molecular complexity index is 514. The van der Waals surface area contributed by atoms with E-state index in [0.29, 0.717) is 6.54 Å². The van der Waals surface area contributed by atoms with E-state index in [1.807, 2.05) is 17.7 Å². The molecule has 0 saturated heterocycles. The fourth-order valence-corrected chi connectivity index (χ4v) is 1.59. The number of hydrogen-bond acceptors (Lipinski definition) is 2. The third-order valence-electron chi connectivity index (χ3n) is 2.32. The van der Waals surface area contributed by atoms with Gasteiger partial charge in [-0.15, -0.1) is 6.58 Å². The molecule has 4 heteroatoms. The molecule has 1 aromatic heterocycles. The van der Waals surface area contributed by atoms with Gasteiger partial charge in [-0.25, -0.2) is 9.37 Å². The summed E-state index contributed by atoms with van der Waals surface area (Å²) in [5.41, 5.74) is 1.73. The standard InChI is InChI=1S/C13H14FN3/c1-3-8-17-9-10(2)15-13(17)16-12-6-4-11(14)5-7-12/h3-7,9H,1,8H2,2H3,(H,15,16). The maximum absolute atomic E-state index is 12.8. The zero-order chi connectivity index (χ0) is 12.3. The average molecular weight is 231 g/mol. The van der Waals surface area contributed by atoms with Gasteiger partial charge < -0.3 is 9.88 Å². The Kier molecular flexibility index (Phi) is 3.23. The second-order valence-corrected chi connectivity index (χ2v) is 3.78. The van der Waals surface area contributed by atoms with E-state index in [2.05, 4.69) is 16.9 Å². The molecule has 1 aromatic carbocycles. The minimum Gasteiger partial charge on any atom is -0.326 e. The van der Waals surface area contributed by atoms with Crippen molar-refractivity contribution in [3.63, 3.8) is 0 Å². The van der Waals surface area contributed by atoms with E-state index in [0.717, 1.165) is 17.3 Å². The molecule has 0 aliphatic rings. The molecule has 1 heterocycles. The van der Waals surface area contributed by atoms with Crippen molar-refractivity contribution in [1.29, 1.82) is 0 Å². The number of imidazole rings is 1. The van der Waals surface area contributed by atoms with Crippen LogP contribution in [0, 0.1) is 12.7 Å². The average Bonchev–Trinajstić information content (AvgIpc) is 2.63. The highest BCUT2D eigenvalue weighted by atomic mass is 19.1. The van der Waals surface area contributed by atoms with Gasteiger partial charge in [0.1, 0.15) is 5.82 Å². The Labute approximate surface area is 99.6 Å². The Morgan fingerprint density at radius 3 is 2.76 bits per heavy atom. The SMILES string of the molecule is C=CCn1cc(C)nc1Nc1ccc(F)cc1. The van der Waals surface area contributed by atoms with Gasteiger partial charge in [-0.05, 0) is 31.2 Å². The van der Waals surface area contributed by atoms with Crippen LogP contribution < -0.4 is 5.32 Å². The highest BCUT2D eigenvalue weighted by Crippen LogP contribution is 2.16. The lowest BCUT2D eigenvalue weighted by Crippen LogP contribution is -2.01. The number of nitrogens with one attached hydrogen (secondary N) is 1. The monoisotopic (exact) mass is 231 g/mol. The molecule has 0 fully saturated rings. The fraction of sp³-hybridized carbons (Fsp3) is 0.154. The number of nitrogens with zero attached hydrogens (tertiary/aromatic N) is 2. The van der Waals surface area contributed by atoms with Crippen LogP contribution in [0.2, 0.25) is 0 Å². The third kappa shape index (κ3) is 2.72. The predicted molar refractivity (Wildman–Crippen MR) is 66.8 cm³/mol. The predicted octanol–water partition coefficient (Wildman–Crippen LogP) is 3.26. The summed E-state index contributed by atoms with van der Waals surface area (Å²) in [5.74, 6) is 0.482. The van der Waals surface area contributed by atoms with E-state index in [1.165, 1.54) is 12.1 Å². The molecule has 1 N–H and O–H groups in total. The second kappa shape index (κ2) is 4.82. The van der Waals surface area contributed by atoms with Gasteiger partial charge in [0.05, 0.1) is 5.69 Å². The van der Waals surface area contributed by atoms with Crippen LogP contribution in [0.1, 0.15) is 5.69 Å². The highest BCUT2D eigenvalue weighted by molar-refractivity contribution is 5.53. The van der Waals surface area contributed by atoms with Crippen LogP contribution in [-0.2, 0) is 6.54 Å². The van der Waals surface area contributed by atoms with Gasteiger partial charge in [0.25, 0.3) is 0 Å². The van der Waals surface area contributed by atoms with Crippen molar-refractivity contribution in [2.45, 2.75) is 13.5 Å². The number of benzene rings is 1. The summed E-state index contributed by atoms with van der Waals surface area (Å²) in [6.07, 6.45) is 3.74. The molecule has 0 spiro atoms. The van der Waals surface area contributed by atoms with Gasteiger partial charge in [-0.2, -0.15) is 0 Å². The van der Waals surface area contributed by atoms with Crippen LogP contribution in [0.4, 0.5) is 16.0 Å². The normalized spacial score (nSPS) is 10.2. The summed E-state index contributed by atoms with van der Waals surface area (Å²) in [4.78, 5) is 4.36. The van der Waals surface area contributed by atoms with Crippen molar-refractivity contribution in [3.05, 3.63) is 54.6 Å². The van der Waals surface area contributed by atoms with Gasteiger partial charge in [-0.1, -0.05) is 6.08 Å². The van der Waals surface area contributed by atoms with E-state index >= 15 is 0 Å². The lowest BCUT2D eigenvalue weighted by molar-refractivity contribution is 0.628. The Balaban J connectivity index is 2.22. The third-order valence-corrected chi connectivity index (χ3v) is 2.32. The molecule has 0 bridgehead atoms. The maximum Gasteiger partial charge on any atom is 0.207 e. The molecule has 88 valence electrons. The molecular formula is C13H14FN3. The molecule has 0 saturated carbocycles. The van der Waals surface area contributed by atoms with E-state index in [9.17, 15) is 4.39 Å². The number of aryl methyl sites for hydroxylation is 1. The summed E-state index contributed by atoms with van der Waals surface area (Å²) < 4.78 is 14.7.